The molecular formula is C17H27N3O. The van der Waals surface area contributed by atoms with Crippen molar-refractivity contribution in [1.82, 2.24) is 5.32 Å². The van der Waals surface area contributed by atoms with Crippen LogP contribution in [0, 0.1) is 5.41 Å². The number of rotatable bonds is 3. The minimum atomic E-state index is -0.0623. The molecule has 21 heavy (non-hydrogen) atoms. The molecular weight excluding hydrogens is 262 g/mol. The monoisotopic (exact) mass is 289 g/mol. The largest absolute Gasteiger partial charge is 0.397 e. The van der Waals surface area contributed by atoms with Gasteiger partial charge in [0.2, 0.25) is 0 Å². The Bertz CT molecular complexity index is 511. The van der Waals surface area contributed by atoms with Gasteiger partial charge in [-0.2, -0.15) is 0 Å². The smallest absolute Gasteiger partial charge is 0.251 e. The predicted molar refractivity (Wildman–Crippen MR) is 88.7 cm³/mol. The molecule has 0 saturated carbocycles. The standard InChI is InChI=1S/C17H27N3O/c1-4-19-16(21)13-6-7-15(14(18)12-13)20-10-5-8-17(2,3)9-11-20/h6-7,12H,4-5,8-11,18H2,1-3H3,(H,19,21). The number of hydrogen-bond donors (Lipinski definition) is 2. The zero-order chi connectivity index (χ0) is 15.5. The number of anilines is 2. The lowest BCUT2D eigenvalue weighted by Gasteiger charge is -2.26. The van der Waals surface area contributed by atoms with Crippen LogP contribution in [0.25, 0.3) is 0 Å². The van der Waals surface area contributed by atoms with E-state index < -0.39 is 0 Å². The highest BCUT2D eigenvalue weighted by Gasteiger charge is 2.24. The Kier molecular flexibility index (Phi) is 4.76. The first-order chi connectivity index (χ1) is 9.93. The summed E-state index contributed by atoms with van der Waals surface area (Å²) in [5, 5.41) is 2.80. The van der Waals surface area contributed by atoms with Gasteiger partial charge in [-0.3, -0.25) is 4.79 Å². The van der Waals surface area contributed by atoms with E-state index in [0.717, 1.165) is 18.8 Å². The Labute approximate surface area is 127 Å². The molecule has 0 atom stereocenters. The van der Waals surface area contributed by atoms with E-state index in [4.69, 9.17) is 5.73 Å². The van der Waals surface area contributed by atoms with E-state index in [9.17, 15) is 4.79 Å². The Hall–Kier alpha value is -1.71. The van der Waals surface area contributed by atoms with Crippen molar-refractivity contribution in [2.24, 2.45) is 5.41 Å². The zero-order valence-corrected chi connectivity index (χ0v) is 13.4. The molecule has 1 saturated heterocycles. The second kappa shape index (κ2) is 6.37. The number of benzene rings is 1. The molecule has 1 fully saturated rings. The van der Waals surface area contributed by atoms with Crippen molar-refractivity contribution in [2.45, 2.75) is 40.0 Å². The first-order valence-corrected chi connectivity index (χ1v) is 7.85. The van der Waals surface area contributed by atoms with Crippen LogP contribution >= 0.6 is 0 Å². The molecule has 2 rings (SSSR count). The third kappa shape index (κ3) is 3.90. The van der Waals surface area contributed by atoms with E-state index in [0.29, 0.717) is 23.2 Å². The van der Waals surface area contributed by atoms with Crippen molar-refractivity contribution in [2.75, 3.05) is 30.3 Å². The van der Waals surface area contributed by atoms with Crippen molar-refractivity contribution >= 4 is 17.3 Å². The van der Waals surface area contributed by atoms with Gasteiger partial charge < -0.3 is 16.0 Å². The molecule has 4 nitrogen and oxygen atoms in total. The Balaban J connectivity index is 2.15. The average molecular weight is 289 g/mol. The molecule has 1 aromatic rings. The first kappa shape index (κ1) is 15.7. The van der Waals surface area contributed by atoms with E-state index >= 15 is 0 Å². The van der Waals surface area contributed by atoms with Crippen LogP contribution in [0.1, 0.15) is 50.4 Å². The van der Waals surface area contributed by atoms with Crippen LogP contribution < -0.4 is 16.0 Å². The molecule has 116 valence electrons. The van der Waals surface area contributed by atoms with Gasteiger partial charge in [0, 0.05) is 25.2 Å². The number of nitrogens with two attached hydrogens (primary N) is 1. The molecule has 0 radical (unpaired) electrons. The van der Waals surface area contributed by atoms with Crippen LogP contribution in [0.15, 0.2) is 18.2 Å². The minimum Gasteiger partial charge on any atom is -0.397 e. The van der Waals surface area contributed by atoms with E-state index in [1.807, 2.05) is 19.1 Å². The lowest BCUT2D eigenvalue weighted by Crippen LogP contribution is -2.26. The van der Waals surface area contributed by atoms with Crippen molar-refractivity contribution in [3.8, 4) is 0 Å². The summed E-state index contributed by atoms with van der Waals surface area (Å²) in [4.78, 5) is 14.2. The summed E-state index contributed by atoms with van der Waals surface area (Å²) in [6, 6.07) is 5.64. The number of carbonyl (C=O) groups excluding carboxylic acids is 1. The quantitative estimate of drug-likeness (QED) is 0.841. The molecule has 1 amide bonds. The lowest BCUT2D eigenvalue weighted by atomic mass is 9.85. The van der Waals surface area contributed by atoms with Crippen LogP contribution in [0.4, 0.5) is 11.4 Å². The Morgan fingerprint density at radius 1 is 1.33 bits per heavy atom. The van der Waals surface area contributed by atoms with Crippen molar-refractivity contribution in [3.63, 3.8) is 0 Å². The summed E-state index contributed by atoms with van der Waals surface area (Å²) >= 11 is 0. The third-order valence-electron chi connectivity index (χ3n) is 4.31. The highest BCUT2D eigenvalue weighted by Crippen LogP contribution is 2.33. The highest BCUT2D eigenvalue weighted by atomic mass is 16.1. The van der Waals surface area contributed by atoms with Gasteiger partial charge in [-0.05, 0) is 49.8 Å². The maximum Gasteiger partial charge on any atom is 0.251 e. The number of nitrogens with zero attached hydrogens (tertiary/aromatic N) is 1. The summed E-state index contributed by atoms with van der Waals surface area (Å²) in [6.07, 6.45) is 3.61. The zero-order valence-electron chi connectivity index (χ0n) is 13.4. The summed E-state index contributed by atoms with van der Waals surface area (Å²) in [7, 11) is 0. The first-order valence-electron chi connectivity index (χ1n) is 7.85. The number of nitrogen functional groups attached to an aromatic ring is 1. The SMILES string of the molecule is CCNC(=O)c1ccc(N2CCCC(C)(C)CC2)c(N)c1. The topological polar surface area (TPSA) is 58.4 Å². The Morgan fingerprint density at radius 3 is 2.76 bits per heavy atom. The van der Waals surface area contributed by atoms with E-state index in [-0.39, 0.29) is 5.91 Å². The average Bonchev–Trinajstić information content (AvgIpc) is 2.60. The molecule has 1 aliphatic heterocycles. The number of amides is 1. The van der Waals surface area contributed by atoms with Gasteiger partial charge in [-0.15, -0.1) is 0 Å². The summed E-state index contributed by atoms with van der Waals surface area (Å²) < 4.78 is 0. The molecule has 4 heteroatoms. The summed E-state index contributed by atoms with van der Waals surface area (Å²) in [6.45, 7) is 9.26. The second-order valence-electron chi connectivity index (χ2n) is 6.64. The maximum atomic E-state index is 11.8. The third-order valence-corrected chi connectivity index (χ3v) is 4.31. The van der Waals surface area contributed by atoms with Crippen molar-refractivity contribution in [1.29, 1.82) is 0 Å². The molecule has 0 aromatic heterocycles. The van der Waals surface area contributed by atoms with Crippen LogP contribution in [0.5, 0.6) is 0 Å². The van der Waals surface area contributed by atoms with Gasteiger partial charge in [-0.25, -0.2) is 0 Å². The fourth-order valence-corrected chi connectivity index (χ4v) is 2.91. The molecule has 1 aromatic carbocycles. The van der Waals surface area contributed by atoms with Crippen molar-refractivity contribution < 1.29 is 4.79 Å². The van der Waals surface area contributed by atoms with Crippen LogP contribution in [-0.2, 0) is 0 Å². The molecule has 0 aliphatic carbocycles. The fourth-order valence-electron chi connectivity index (χ4n) is 2.91. The number of nitrogens with one attached hydrogen (secondary N) is 1. The van der Waals surface area contributed by atoms with Crippen LogP contribution in [-0.4, -0.2) is 25.5 Å². The van der Waals surface area contributed by atoms with Crippen LogP contribution in [0.3, 0.4) is 0 Å². The van der Waals surface area contributed by atoms with E-state index in [1.165, 1.54) is 19.3 Å². The van der Waals surface area contributed by atoms with Gasteiger partial charge in [0.1, 0.15) is 0 Å². The van der Waals surface area contributed by atoms with Gasteiger partial charge >= 0.3 is 0 Å². The molecule has 3 N–H and O–H groups in total. The van der Waals surface area contributed by atoms with Crippen LogP contribution in [0.2, 0.25) is 0 Å². The Morgan fingerprint density at radius 2 is 2.10 bits per heavy atom. The van der Waals surface area contributed by atoms with E-state index in [1.54, 1.807) is 6.07 Å². The molecule has 1 heterocycles. The number of hydrogen-bond acceptors (Lipinski definition) is 3. The summed E-state index contributed by atoms with van der Waals surface area (Å²) in [5.41, 5.74) is 8.97. The summed E-state index contributed by atoms with van der Waals surface area (Å²) in [5.74, 6) is -0.0623. The maximum absolute atomic E-state index is 11.8. The minimum absolute atomic E-state index is 0.0623. The highest BCUT2D eigenvalue weighted by molar-refractivity contribution is 5.96. The number of carbonyl (C=O) groups is 1. The lowest BCUT2D eigenvalue weighted by molar-refractivity contribution is 0.0956. The molecule has 0 bridgehead atoms. The van der Waals surface area contributed by atoms with E-state index in [2.05, 4.69) is 24.1 Å². The van der Waals surface area contributed by atoms with Crippen molar-refractivity contribution in [3.05, 3.63) is 23.8 Å². The van der Waals surface area contributed by atoms with Gasteiger partial charge in [-0.1, -0.05) is 13.8 Å². The predicted octanol–water partition coefficient (Wildman–Crippen LogP) is 3.04. The van der Waals surface area contributed by atoms with Gasteiger partial charge in [0.05, 0.1) is 11.4 Å². The van der Waals surface area contributed by atoms with Gasteiger partial charge in [0.25, 0.3) is 5.91 Å². The fraction of sp³-hybridized carbons (Fsp3) is 0.588. The second-order valence-corrected chi connectivity index (χ2v) is 6.64. The molecule has 0 spiro atoms. The molecule has 1 aliphatic rings. The van der Waals surface area contributed by atoms with Gasteiger partial charge in [0.15, 0.2) is 0 Å². The normalized spacial score (nSPS) is 18.1. The molecule has 0 unspecified atom stereocenters.